The van der Waals surface area contributed by atoms with Crippen molar-refractivity contribution in [2.24, 2.45) is 4.99 Å². The lowest BCUT2D eigenvalue weighted by molar-refractivity contribution is 0.283. The first kappa shape index (κ1) is 24.8. The molecule has 0 radical (unpaired) electrons. The van der Waals surface area contributed by atoms with Crippen LogP contribution in [0.1, 0.15) is 36.7 Å². The zero-order valence-electron chi connectivity index (χ0n) is 18.9. The van der Waals surface area contributed by atoms with Gasteiger partial charge < -0.3 is 19.9 Å². The number of fused-ring (bicyclic) bond motifs is 3. The fraction of sp³-hybridized carbons (Fsp3) is 0.261. The van der Waals surface area contributed by atoms with E-state index in [1.807, 2.05) is 22.8 Å². The summed E-state index contributed by atoms with van der Waals surface area (Å²) in [6, 6.07) is 9.73. The van der Waals surface area contributed by atoms with E-state index in [0.717, 1.165) is 35.1 Å². The molecular weight excluding hydrogens is 489 g/mol. The maximum atomic E-state index is 11.3. The van der Waals surface area contributed by atoms with Crippen LogP contribution in [-0.4, -0.2) is 34.6 Å². The van der Waals surface area contributed by atoms with Gasteiger partial charge in [-0.05, 0) is 54.5 Å². The van der Waals surface area contributed by atoms with Gasteiger partial charge >= 0.3 is 7.82 Å². The topological polar surface area (TPSA) is 156 Å². The highest BCUT2D eigenvalue weighted by Crippen LogP contribution is 2.39. The molecule has 0 saturated heterocycles. The van der Waals surface area contributed by atoms with E-state index in [9.17, 15) is 19.5 Å². The van der Waals surface area contributed by atoms with Gasteiger partial charge in [-0.25, -0.2) is 19.5 Å². The highest BCUT2D eigenvalue weighted by atomic mass is 32.1. The standard InChI is InChI=1S/C23H24N5O5PS/c1-2-3-4-20-27-21-22(17-9-14(11-25-13-35)5-7-18(17)26-23(21)24)28(20)12-15-10-16(6-8-19(15)29)33-34(30,31)32/h5-10,29H,2-4,11-12H2,1H3,(H2,24,26)(H2,30,31,32). The third-order valence-electron chi connectivity index (χ3n) is 5.53. The Bertz CT molecular complexity index is 1510. The quantitative estimate of drug-likeness (QED) is 0.145. The van der Waals surface area contributed by atoms with Crippen molar-refractivity contribution < 1.29 is 24.0 Å². The molecule has 0 saturated carbocycles. The molecule has 0 aliphatic heterocycles. The van der Waals surface area contributed by atoms with Crippen molar-refractivity contribution in [3.8, 4) is 11.5 Å². The lowest BCUT2D eigenvalue weighted by Crippen LogP contribution is -2.06. The Balaban J connectivity index is 1.93. The summed E-state index contributed by atoms with van der Waals surface area (Å²) in [6.07, 6.45) is 2.51. The van der Waals surface area contributed by atoms with Crippen LogP contribution in [0.5, 0.6) is 11.5 Å². The van der Waals surface area contributed by atoms with Crippen LogP contribution in [-0.2, 0) is 24.1 Å². The molecule has 0 aliphatic rings. The number of anilines is 1. The second-order valence-electron chi connectivity index (χ2n) is 8.04. The normalized spacial score (nSPS) is 11.6. The molecular formula is C23H24N5O5PS. The number of aromatic nitrogens is 3. The number of hydrogen-bond donors (Lipinski definition) is 4. The van der Waals surface area contributed by atoms with Crippen LogP contribution < -0.4 is 10.3 Å². The molecule has 12 heteroatoms. The number of unbranched alkanes of at least 4 members (excludes halogenated alkanes) is 1. The zero-order chi connectivity index (χ0) is 25.2. The lowest BCUT2D eigenvalue weighted by Gasteiger charge is -2.14. The highest BCUT2D eigenvalue weighted by Gasteiger charge is 2.20. The number of phosphoric acid groups is 1. The molecule has 0 spiro atoms. The number of imidazole rings is 1. The molecule has 0 aliphatic carbocycles. The number of aromatic hydroxyl groups is 1. The van der Waals surface area contributed by atoms with Crippen molar-refractivity contribution >= 4 is 53.0 Å². The summed E-state index contributed by atoms with van der Waals surface area (Å²) in [5, 5.41) is 13.7. The Hall–Kier alpha value is -3.33. The molecule has 0 bridgehead atoms. The van der Waals surface area contributed by atoms with Gasteiger partial charge in [-0.3, -0.25) is 9.79 Å². The summed E-state index contributed by atoms with van der Waals surface area (Å²) in [5.74, 6) is 0.938. The average Bonchev–Trinajstić information content (AvgIpc) is 3.16. The summed E-state index contributed by atoms with van der Waals surface area (Å²) in [7, 11) is -4.76. The molecule has 2 aromatic carbocycles. The SMILES string of the molecule is CCCCc1nc2c(N)nc3ccc(CN=C=S)cc3c2n1Cc1cc(OP(=O)(O)O)ccc1O. The number of rotatable bonds is 9. The van der Waals surface area contributed by atoms with Crippen LogP contribution in [0.15, 0.2) is 41.4 Å². The maximum absolute atomic E-state index is 11.3. The molecule has 0 amide bonds. The summed E-state index contributed by atoms with van der Waals surface area (Å²) >= 11 is 4.69. The number of pyridine rings is 1. The lowest BCUT2D eigenvalue weighted by atomic mass is 10.1. The molecule has 35 heavy (non-hydrogen) atoms. The number of thiocarbonyl (C=S) groups is 1. The number of phenolic OH excluding ortho intramolecular Hbond substituents is 1. The van der Waals surface area contributed by atoms with Crippen LogP contribution in [0.4, 0.5) is 5.82 Å². The molecule has 0 fully saturated rings. The van der Waals surface area contributed by atoms with Gasteiger partial charge in [0.05, 0.1) is 29.3 Å². The highest BCUT2D eigenvalue weighted by molar-refractivity contribution is 7.78. The summed E-state index contributed by atoms with van der Waals surface area (Å²) < 4.78 is 18.0. The molecule has 182 valence electrons. The van der Waals surface area contributed by atoms with Crippen molar-refractivity contribution in [2.75, 3.05) is 5.73 Å². The fourth-order valence-electron chi connectivity index (χ4n) is 3.97. The van der Waals surface area contributed by atoms with Gasteiger partial charge in [0.2, 0.25) is 0 Å². The van der Waals surface area contributed by atoms with Crippen molar-refractivity contribution in [3.05, 3.63) is 53.3 Å². The van der Waals surface area contributed by atoms with Crippen molar-refractivity contribution in [1.82, 2.24) is 14.5 Å². The molecule has 2 aromatic heterocycles. The summed E-state index contributed by atoms with van der Waals surface area (Å²) in [4.78, 5) is 31.7. The molecule has 0 atom stereocenters. The zero-order valence-corrected chi connectivity index (χ0v) is 20.6. The minimum Gasteiger partial charge on any atom is -0.508 e. The van der Waals surface area contributed by atoms with Crippen LogP contribution in [0, 0.1) is 0 Å². The smallest absolute Gasteiger partial charge is 0.508 e. The number of aliphatic imine (C=N–C) groups is 1. The third-order valence-corrected chi connectivity index (χ3v) is 6.11. The van der Waals surface area contributed by atoms with E-state index in [-0.39, 0.29) is 23.9 Å². The Labute approximate surface area is 206 Å². The minimum absolute atomic E-state index is 0.0475. The Morgan fingerprint density at radius 3 is 2.74 bits per heavy atom. The van der Waals surface area contributed by atoms with Gasteiger partial charge in [0.25, 0.3) is 0 Å². The molecule has 4 aromatic rings. The van der Waals surface area contributed by atoms with Gasteiger partial charge in [-0.15, -0.1) is 0 Å². The molecule has 10 nitrogen and oxygen atoms in total. The van der Waals surface area contributed by atoms with E-state index >= 15 is 0 Å². The number of aryl methyl sites for hydroxylation is 1. The van der Waals surface area contributed by atoms with Crippen LogP contribution in [0.3, 0.4) is 0 Å². The van der Waals surface area contributed by atoms with E-state index in [0.29, 0.717) is 29.6 Å². The largest absolute Gasteiger partial charge is 0.524 e. The first-order valence-corrected chi connectivity index (χ1v) is 12.8. The Kier molecular flexibility index (Phi) is 7.16. The van der Waals surface area contributed by atoms with Crippen molar-refractivity contribution in [3.63, 3.8) is 0 Å². The Morgan fingerprint density at radius 1 is 1.23 bits per heavy atom. The number of phosphoric ester groups is 1. The number of nitrogens with zero attached hydrogens (tertiary/aromatic N) is 4. The van der Waals surface area contributed by atoms with Gasteiger partial charge in [0.15, 0.2) is 5.82 Å². The van der Waals surface area contributed by atoms with E-state index < -0.39 is 7.82 Å². The first-order chi connectivity index (χ1) is 16.7. The number of phenols is 1. The van der Waals surface area contributed by atoms with Crippen molar-refractivity contribution in [2.45, 2.75) is 39.3 Å². The van der Waals surface area contributed by atoms with Crippen LogP contribution in [0.25, 0.3) is 21.9 Å². The van der Waals surface area contributed by atoms with Crippen LogP contribution >= 0.6 is 20.0 Å². The average molecular weight is 514 g/mol. The number of nitrogens with two attached hydrogens (primary N) is 1. The van der Waals surface area contributed by atoms with Crippen LogP contribution in [0.2, 0.25) is 0 Å². The fourth-order valence-corrected chi connectivity index (χ4v) is 4.43. The van der Waals surface area contributed by atoms with E-state index in [4.69, 9.17) is 27.5 Å². The molecule has 0 unspecified atom stereocenters. The molecule has 2 heterocycles. The predicted molar refractivity (Wildman–Crippen MR) is 137 cm³/mol. The van der Waals surface area contributed by atoms with Crippen molar-refractivity contribution in [1.29, 1.82) is 0 Å². The minimum atomic E-state index is -4.76. The third kappa shape index (κ3) is 5.51. The monoisotopic (exact) mass is 513 g/mol. The predicted octanol–water partition coefficient (Wildman–Crippen LogP) is 4.34. The van der Waals surface area contributed by atoms with Gasteiger partial charge in [-0.2, -0.15) is 0 Å². The summed E-state index contributed by atoms with van der Waals surface area (Å²) in [6.45, 7) is 2.61. The van der Waals surface area contributed by atoms with Gasteiger partial charge in [-0.1, -0.05) is 19.4 Å². The van der Waals surface area contributed by atoms with E-state index in [2.05, 4.69) is 22.1 Å². The summed E-state index contributed by atoms with van der Waals surface area (Å²) in [5.41, 5.74) is 9.55. The molecule has 4 rings (SSSR count). The Morgan fingerprint density at radius 2 is 2.03 bits per heavy atom. The van der Waals surface area contributed by atoms with E-state index in [1.54, 1.807) is 0 Å². The number of hydrogen-bond acceptors (Lipinski definition) is 8. The molecule has 5 N–H and O–H groups in total. The first-order valence-electron chi connectivity index (χ1n) is 10.9. The van der Waals surface area contributed by atoms with Gasteiger partial charge in [0, 0.05) is 17.4 Å². The maximum Gasteiger partial charge on any atom is 0.524 e. The van der Waals surface area contributed by atoms with Gasteiger partial charge in [0.1, 0.15) is 22.8 Å². The number of benzene rings is 2. The number of isothiocyanates is 1. The number of nitrogen functional groups attached to an aromatic ring is 1. The second kappa shape index (κ2) is 10.1. The van der Waals surface area contributed by atoms with E-state index in [1.165, 1.54) is 18.2 Å². The second-order valence-corrected chi connectivity index (χ2v) is 9.39.